The molecule has 0 radical (unpaired) electrons. The molecule has 1 unspecified atom stereocenters. The summed E-state index contributed by atoms with van der Waals surface area (Å²) < 4.78 is 12.5. The number of oxazole rings is 1. The molecule has 0 aliphatic carbocycles. The fourth-order valence-corrected chi connectivity index (χ4v) is 6.14. The first-order valence-corrected chi connectivity index (χ1v) is 12.0. The fourth-order valence-electron chi connectivity index (χ4n) is 4.60. The number of nitrogens with one attached hydrogen (secondary N) is 1. The van der Waals surface area contributed by atoms with Gasteiger partial charge in [-0.05, 0) is 43.2 Å². The highest BCUT2D eigenvalue weighted by Gasteiger charge is 2.50. The Kier molecular flexibility index (Phi) is 4.93. The smallest absolute Gasteiger partial charge is 0.248 e. The number of hydrogen-bond donors (Lipinski definition) is 1. The molecular formula is C24H20ClN5O3S. The Morgan fingerprint density at radius 1 is 1.24 bits per heavy atom. The number of anilines is 1. The van der Waals surface area contributed by atoms with Gasteiger partial charge in [-0.3, -0.25) is 4.79 Å². The van der Waals surface area contributed by atoms with Crippen LogP contribution in [0.25, 0.3) is 22.7 Å². The van der Waals surface area contributed by atoms with E-state index in [1.165, 1.54) is 11.8 Å². The maximum Gasteiger partial charge on any atom is 0.248 e. The molecule has 1 amide bonds. The highest BCUT2D eigenvalue weighted by Crippen LogP contribution is 2.53. The molecule has 1 atom stereocenters. The lowest BCUT2D eigenvalue weighted by Crippen LogP contribution is -2.44. The summed E-state index contributed by atoms with van der Waals surface area (Å²) in [6.07, 6.45) is 3.18. The Labute approximate surface area is 204 Å². The van der Waals surface area contributed by atoms with E-state index >= 15 is 0 Å². The van der Waals surface area contributed by atoms with Crippen LogP contribution in [-0.4, -0.2) is 32.8 Å². The average Bonchev–Trinajstić information content (AvgIpc) is 3.47. The van der Waals surface area contributed by atoms with Gasteiger partial charge in [0.25, 0.3) is 0 Å². The van der Waals surface area contributed by atoms with Gasteiger partial charge >= 0.3 is 0 Å². The van der Waals surface area contributed by atoms with Gasteiger partial charge in [0.2, 0.25) is 5.91 Å². The lowest BCUT2D eigenvalue weighted by molar-refractivity contribution is -0.119. The molecule has 172 valence electrons. The Balaban J connectivity index is 1.42. The first-order chi connectivity index (χ1) is 16.5. The molecule has 10 heteroatoms. The Morgan fingerprint density at radius 2 is 2.12 bits per heavy atom. The van der Waals surface area contributed by atoms with Crippen LogP contribution in [0, 0.1) is 6.92 Å². The van der Waals surface area contributed by atoms with Gasteiger partial charge in [-0.25, -0.2) is 4.98 Å². The topological polar surface area (TPSA) is 95.1 Å². The molecule has 8 nitrogen and oxygen atoms in total. The summed E-state index contributed by atoms with van der Waals surface area (Å²) in [6, 6.07) is 11.3. The van der Waals surface area contributed by atoms with Gasteiger partial charge in [0, 0.05) is 29.0 Å². The summed E-state index contributed by atoms with van der Waals surface area (Å²) in [7, 11) is 1.62. The number of hydrogen-bond acceptors (Lipinski definition) is 7. The third kappa shape index (κ3) is 3.22. The number of aryl methyl sites for hydroxylation is 1. The van der Waals surface area contributed by atoms with Crippen LogP contribution in [0.5, 0.6) is 5.75 Å². The molecule has 0 saturated carbocycles. The molecule has 2 aliphatic heterocycles. The van der Waals surface area contributed by atoms with Gasteiger partial charge in [0.05, 0.1) is 24.6 Å². The first kappa shape index (κ1) is 21.2. The van der Waals surface area contributed by atoms with E-state index in [1.54, 1.807) is 26.3 Å². The van der Waals surface area contributed by atoms with Crippen molar-refractivity contribution in [3.8, 4) is 28.5 Å². The van der Waals surface area contributed by atoms with Crippen molar-refractivity contribution in [2.75, 3.05) is 12.4 Å². The maximum atomic E-state index is 13.4. The van der Waals surface area contributed by atoms with Crippen molar-refractivity contribution < 1.29 is 13.9 Å². The average molecular weight is 494 g/mol. The molecule has 4 heterocycles. The van der Waals surface area contributed by atoms with Crippen LogP contribution >= 0.6 is 23.4 Å². The van der Waals surface area contributed by atoms with Crippen LogP contribution in [0.15, 0.2) is 51.9 Å². The number of methoxy groups -OCH3 is 1. The number of thioether (sulfide) groups is 1. The third-order valence-corrected chi connectivity index (χ3v) is 7.94. The molecule has 6 rings (SSSR count). The van der Waals surface area contributed by atoms with Gasteiger partial charge in [-0.1, -0.05) is 29.4 Å². The molecule has 2 aliphatic rings. The lowest BCUT2D eigenvalue weighted by Gasteiger charge is -2.38. The number of fused-ring (bicyclic) bond motifs is 3. The van der Waals surface area contributed by atoms with E-state index in [2.05, 4.69) is 20.5 Å². The number of halogens is 1. The SMILES string of the molecule is COc1cc(-c2nnc3n2CCCC32Sc3ccc(Cl)cc3NC2=O)ccc1-c1cnc(C)o1. The summed E-state index contributed by atoms with van der Waals surface area (Å²) in [5.74, 6) is 3.13. The molecular weight excluding hydrogens is 474 g/mol. The minimum atomic E-state index is -0.842. The Bertz CT molecular complexity index is 1450. The monoisotopic (exact) mass is 493 g/mol. The second-order valence-electron chi connectivity index (χ2n) is 8.28. The summed E-state index contributed by atoms with van der Waals surface area (Å²) in [5.41, 5.74) is 2.38. The molecule has 1 spiro atoms. The number of carbonyl (C=O) groups is 1. The van der Waals surface area contributed by atoms with Gasteiger partial charge in [-0.15, -0.1) is 10.2 Å². The summed E-state index contributed by atoms with van der Waals surface area (Å²) in [5, 5.41) is 12.7. The largest absolute Gasteiger partial charge is 0.496 e. The van der Waals surface area contributed by atoms with Crippen LogP contribution in [0.4, 0.5) is 5.69 Å². The standard InChI is InChI=1S/C24H20ClN5O3S/c1-13-26-12-19(33-13)16-6-4-14(10-18(16)32-2)21-28-29-22-24(8-3-9-30(21)22)23(31)27-17-11-15(25)5-7-20(17)34-24/h4-7,10-12H,3,8-9H2,1-2H3,(H,27,31). The normalized spacial score (nSPS) is 19.0. The molecule has 2 aromatic heterocycles. The van der Waals surface area contributed by atoms with Gasteiger partial charge in [0.15, 0.2) is 28.0 Å². The minimum absolute atomic E-state index is 0.0965. The minimum Gasteiger partial charge on any atom is -0.496 e. The predicted octanol–water partition coefficient (Wildman–Crippen LogP) is 5.30. The van der Waals surface area contributed by atoms with Gasteiger partial charge in [-0.2, -0.15) is 0 Å². The zero-order valence-electron chi connectivity index (χ0n) is 18.5. The number of aromatic nitrogens is 4. The number of carbonyl (C=O) groups excluding carboxylic acids is 1. The number of nitrogens with zero attached hydrogens (tertiary/aromatic N) is 4. The second-order valence-corrected chi connectivity index (χ2v) is 10.1. The van der Waals surface area contributed by atoms with E-state index in [0.29, 0.717) is 40.5 Å². The van der Waals surface area contributed by atoms with Crippen LogP contribution in [0.3, 0.4) is 0 Å². The highest BCUT2D eigenvalue weighted by molar-refractivity contribution is 8.01. The quantitative estimate of drug-likeness (QED) is 0.413. The number of amides is 1. The molecule has 0 bridgehead atoms. The Morgan fingerprint density at radius 3 is 2.91 bits per heavy atom. The molecule has 4 aromatic rings. The number of rotatable bonds is 3. The number of benzene rings is 2. The van der Waals surface area contributed by atoms with E-state index in [0.717, 1.165) is 34.7 Å². The van der Waals surface area contributed by atoms with E-state index in [4.69, 9.17) is 20.8 Å². The van der Waals surface area contributed by atoms with Crippen LogP contribution < -0.4 is 10.1 Å². The zero-order chi connectivity index (χ0) is 23.4. The first-order valence-electron chi connectivity index (χ1n) is 10.8. The van der Waals surface area contributed by atoms with Crippen molar-refractivity contribution in [3.05, 3.63) is 59.3 Å². The summed E-state index contributed by atoms with van der Waals surface area (Å²) in [6.45, 7) is 2.53. The van der Waals surface area contributed by atoms with E-state index in [9.17, 15) is 4.79 Å². The number of ether oxygens (including phenoxy) is 1. The summed E-state index contributed by atoms with van der Waals surface area (Å²) >= 11 is 7.64. The fraction of sp³-hybridized carbons (Fsp3) is 0.250. The van der Waals surface area contributed by atoms with Crippen molar-refractivity contribution in [1.29, 1.82) is 0 Å². The van der Waals surface area contributed by atoms with E-state index in [-0.39, 0.29) is 5.91 Å². The molecule has 0 saturated heterocycles. The predicted molar refractivity (Wildman–Crippen MR) is 129 cm³/mol. The van der Waals surface area contributed by atoms with Crippen LogP contribution in [0.1, 0.15) is 24.6 Å². The lowest BCUT2D eigenvalue weighted by atomic mass is 9.95. The Hall–Kier alpha value is -3.30. The second kappa shape index (κ2) is 7.89. The van der Waals surface area contributed by atoms with E-state index in [1.807, 2.05) is 34.9 Å². The van der Waals surface area contributed by atoms with Crippen LogP contribution in [0.2, 0.25) is 5.02 Å². The highest BCUT2D eigenvalue weighted by atomic mass is 35.5. The van der Waals surface area contributed by atoms with E-state index < -0.39 is 4.75 Å². The van der Waals surface area contributed by atoms with Crippen molar-refractivity contribution >= 4 is 35.0 Å². The van der Waals surface area contributed by atoms with Gasteiger partial charge < -0.3 is 19.0 Å². The van der Waals surface area contributed by atoms with Crippen LogP contribution in [-0.2, 0) is 16.1 Å². The zero-order valence-corrected chi connectivity index (χ0v) is 20.0. The molecule has 0 fully saturated rings. The molecule has 34 heavy (non-hydrogen) atoms. The molecule has 1 N–H and O–H groups in total. The molecule has 2 aromatic carbocycles. The van der Waals surface area contributed by atoms with Crippen molar-refractivity contribution in [1.82, 2.24) is 19.7 Å². The van der Waals surface area contributed by atoms with Crippen molar-refractivity contribution in [3.63, 3.8) is 0 Å². The summed E-state index contributed by atoms with van der Waals surface area (Å²) in [4.78, 5) is 18.5. The van der Waals surface area contributed by atoms with Crippen molar-refractivity contribution in [2.24, 2.45) is 0 Å². The maximum absolute atomic E-state index is 13.4. The van der Waals surface area contributed by atoms with Crippen molar-refractivity contribution in [2.45, 2.75) is 36.0 Å². The third-order valence-electron chi connectivity index (χ3n) is 6.21. The van der Waals surface area contributed by atoms with Gasteiger partial charge in [0.1, 0.15) is 5.75 Å².